The molecule has 2 fully saturated rings. The summed E-state index contributed by atoms with van der Waals surface area (Å²) in [6.07, 6.45) is -0.373. The van der Waals surface area contributed by atoms with E-state index in [0.29, 0.717) is 54.6 Å². The SMILES string of the molecule is [C-]#[N+]c1ccc2c(n1)c(N1C[C@@H](C)N(C(c3ccc(F)cc3)c3nc(C4CN(C(=O)OC(C)(C)C)C4)no3)C[C@@H]1C)cc(=O)n2C. The Bertz CT molecular complexity index is 1870. The van der Waals surface area contributed by atoms with Crippen molar-refractivity contribution < 1.29 is 18.4 Å². The van der Waals surface area contributed by atoms with Crippen LogP contribution in [0.3, 0.4) is 0 Å². The van der Waals surface area contributed by atoms with Crippen molar-refractivity contribution in [2.75, 3.05) is 31.1 Å². The number of carbonyl (C=O) groups is 1. The van der Waals surface area contributed by atoms with Gasteiger partial charge in [-0.15, -0.1) is 4.98 Å². The van der Waals surface area contributed by atoms with Gasteiger partial charge < -0.3 is 28.5 Å². The van der Waals surface area contributed by atoms with Gasteiger partial charge in [0.25, 0.3) is 11.4 Å². The van der Waals surface area contributed by atoms with Crippen LogP contribution in [-0.4, -0.2) is 79.4 Å². The first-order valence-electron chi connectivity index (χ1n) is 15.3. The molecule has 1 unspecified atom stereocenters. The Kier molecular flexibility index (Phi) is 8.02. The second kappa shape index (κ2) is 11.8. The standard InChI is InChI=1S/C33H37FN8O4/c1-19-16-42(20(2)15-41(19)25-14-27(43)39(7)24-12-13-26(35-6)36-28(24)25)29(21-8-10-23(34)11-9-21)31-37-30(38-46-31)22-17-40(18-22)32(44)45-33(3,4)5/h8-14,19-20,22,29H,15-18H2,1-5,7H3/t19-,20+,29?/m0/s1. The molecule has 0 aliphatic carbocycles. The third-order valence-electron chi connectivity index (χ3n) is 8.62. The molecule has 0 N–H and O–H groups in total. The minimum Gasteiger partial charge on any atom is -0.444 e. The van der Waals surface area contributed by atoms with Crippen LogP contribution in [0, 0.1) is 12.4 Å². The maximum absolute atomic E-state index is 14.0. The molecular formula is C33H37FN8O4. The van der Waals surface area contributed by atoms with Crippen LogP contribution >= 0.6 is 0 Å². The zero-order valence-corrected chi connectivity index (χ0v) is 26.8. The van der Waals surface area contributed by atoms with Crippen LogP contribution in [0.1, 0.15) is 63.9 Å². The number of ether oxygens (including phenoxy) is 1. The van der Waals surface area contributed by atoms with Crippen molar-refractivity contribution >= 4 is 28.6 Å². The van der Waals surface area contributed by atoms with Crippen LogP contribution in [0.2, 0.25) is 0 Å². The van der Waals surface area contributed by atoms with Crippen LogP contribution in [0.15, 0.2) is 51.8 Å². The largest absolute Gasteiger partial charge is 0.444 e. The molecule has 13 heteroatoms. The highest BCUT2D eigenvalue weighted by Gasteiger charge is 2.41. The Labute approximate surface area is 266 Å². The van der Waals surface area contributed by atoms with Crippen molar-refractivity contribution in [3.05, 3.63) is 87.3 Å². The number of hydrogen-bond donors (Lipinski definition) is 0. The van der Waals surface area contributed by atoms with Gasteiger partial charge in [0.05, 0.1) is 17.1 Å². The predicted octanol–water partition coefficient (Wildman–Crippen LogP) is 5.03. The molecule has 3 aromatic heterocycles. The molecule has 4 aromatic rings. The number of piperazine rings is 1. The summed E-state index contributed by atoms with van der Waals surface area (Å²) >= 11 is 0. The minimum atomic E-state index is -0.582. The second-order valence-corrected chi connectivity index (χ2v) is 13.2. The quantitative estimate of drug-likeness (QED) is 0.281. The van der Waals surface area contributed by atoms with Gasteiger partial charge in [-0.3, -0.25) is 9.69 Å². The number of rotatable bonds is 5. The maximum Gasteiger partial charge on any atom is 0.410 e. The number of likely N-dealkylation sites (tertiary alicyclic amines) is 1. The molecule has 0 radical (unpaired) electrons. The first kappa shape index (κ1) is 31.2. The highest BCUT2D eigenvalue weighted by atomic mass is 19.1. The second-order valence-electron chi connectivity index (χ2n) is 13.2. The lowest BCUT2D eigenvalue weighted by Crippen LogP contribution is -2.57. The normalized spacial score (nSPS) is 20.0. The molecule has 46 heavy (non-hydrogen) atoms. The molecule has 12 nitrogen and oxygen atoms in total. The molecule has 5 heterocycles. The number of hydrogen-bond acceptors (Lipinski definition) is 9. The summed E-state index contributed by atoms with van der Waals surface area (Å²) in [6.45, 7) is 19.0. The number of aryl methyl sites for hydroxylation is 1. The summed E-state index contributed by atoms with van der Waals surface area (Å²) in [6, 6.07) is 10.6. The van der Waals surface area contributed by atoms with Crippen molar-refractivity contribution in [2.24, 2.45) is 7.05 Å². The number of carbonyl (C=O) groups excluding carboxylic acids is 1. The Morgan fingerprint density at radius 1 is 1.07 bits per heavy atom. The van der Waals surface area contributed by atoms with Gasteiger partial charge in [-0.1, -0.05) is 23.9 Å². The van der Waals surface area contributed by atoms with Crippen LogP contribution in [0.5, 0.6) is 0 Å². The molecule has 2 aliphatic rings. The van der Waals surface area contributed by atoms with E-state index in [4.69, 9.17) is 20.8 Å². The average molecular weight is 629 g/mol. The Morgan fingerprint density at radius 2 is 1.78 bits per heavy atom. The first-order chi connectivity index (χ1) is 21.8. The fourth-order valence-electron chi connectivity index (χ4n) is 6.19. The summed E-state index contributed by atoms with van der Waals surface area (Å²) in [7, 11) is 1.70. The summed E-state index contributed by atoms with van der Waals surface area (Å²) in [4.78, 5) is 44.3. The van der Waals surface area contributed by atoms with Crippen LogP contribution in [-0.2, 0) is 11.8 Å². The van der Waals surface area contributed by atoms with E-state index in [0.717, 1.165) is 5.56 Å². The zero-order valence-electron chi connectivity index (χ0n) is 26.8. The molecule has 2 aliphatic heterocycles. The lowest BCUT2D eigenvalue weighted by atomic mass is 9.98. The van der Waals surface area contributed by atoms with E-state index in [1.807, 2.05) is 20.8 Å². The molecule has 6 rings (SSSR count). The van der Waals surface area contributed by atoms with Gasteiger partial charge in [0, 0.05) is 51.4 Å². The van der Waals surface area contributed by atoms with Gasteiger partial charge in [0.2, 0.25) is 11.4 Å². The van der Waals surface area contributed by atoms with E-state index in [9.17, 15) is 14.0 Å². The number of anilines is 1. The van der Waals surface area contributed by atoms with Crippen molar-refractivity contribution in [1.29, 1.82) is 0 Å². The van der Waals surface area contributed by atoms with E-state index in [1.54, 1.807) is 42.3 Å². The smallest absolute Gasteiger partial charge is 0.410 e. The lowest BCUT2D eigenvalue weighted by molar-refractivity contribution is 0.00733. The molecule has 0 spiro atoms. The Balaban J connectivity index is 1.28. The lowest BCUT2D eigenvalue weighted by Gasteiger charge is -2.47. The summed E-state index contributed by atoms with van der Waals surface area (Å²) < 4.78 is 26.9. The van der Waals surface area contributed by atoms with Crippen LogP contribution < -0.4 is 10.5 Å². The van der Waals surface area contributed by atoms with Crippen LogP contribution in [0.25, 0.3) is 15.9 Å². The number of pyridine rings is 2. The third-order valence-corrected chi connectivity index (χ3v) is 8.62. The number of nitrogens with zero attached hydrogens (tertiary/aromatic N) is 8. The highest BCUT2D eigenvalue weighted by Crippen LogP contribution is 2.37. The van der Waals surface area contributed by atoms with Gasteiger partial charge in [0.1, 0.15) is 17.5 Å². The van der Waals surface area contributed by atoms with Gasteiger partial charge in [-0.2, -0.15) is 4.98 Å². The van der Waals surface area contributed by atoms with E-state index in [-0.39, 0.29) is 41.3 Å². The van der Waals surface area contributed by atoms with E-state index in [2.05, 4.69) is 38.6 Å². The van der Waals surface area contributed by atoms with Crippen molar-refractivity contribution in [2.45, 2.75) is 64.3 Å². The van der Waals surface area contributed by atoms with E-state index >= 15 is 0 Å². The number of amides is 1. The molecule has 0 bridgehead atoms. The zero-order chi connectivity index (χ0) is 32.9. The Hall–Kier alpha value is -4.83. The van der Waals surface area contributed by atoms with Gasteiger partial charge in [-0.05, 0) is 64.4 Å². The topological polar surface area (TPSA) is 114 Å². The van der Waals surface area contributed by atoms with Crippen molar-refractivity contribution in [3.63, 3.8) is 0 Å². The Morgan fingerprint density at radius 3 is 2.46 bits per heavy atom. The molecule has 240 valence electrons. The molecule has 2 saturated heterocycles. The van der Waals surface area contributed by atoms with Gasteiger partial charge in [-0.25, -0.2) is 9.18 Å². The van der Waals surface area contributed by atoms with E-state index in [1.165, 1.54) is 16.7 Å². The van der Waals surface area contributed by atoms with E-state index < -0.39 is 11.6 Å². The fourth-order valence-corrected chi connectivity index (χ4v) is 6.19. The number of aromatic nitrogens is 4. The summed E-state index contributed by atoms with van der Waals surface area (Å²) in [5, 5.41) is 4.29. The average Bonchev–Trinajstić information content (AvgIpc) is 3.44. The maximum atomic E-state index is 14.0. The van der Waals surface area contributed by atoms with Crippen LogP contribution in [0.4, 0.5) is 20.7 Å². The minimum absolute atomic E-state index is 0.0730. The summed E-state index contributed by atoms with van der Waals surface area (Å²) in [5.41, 5.74) is 1.99. The van der Waals surface area contributed by atoms with Gasteiger partial charge in [0.15, 0.2) is 5.82 Å². The molecule has 1 amide bonds. The monoisotopic (exact) mass is 628 g/mol. The first-order valence-corrected chi connectivity index (χ1v) is 15.3. The third kappa shape index (κ3) is 5.92. The molecule has 3 atom stereocenters. The molecule has 0 saturated carbocycles. The molecular weight excluding hydrogens is 591 g/mol. The number of fused-ring (bicyclic) bond motifs is 1. The molecule has 1 aromatic carbocycles. The van der Waals surface area contributed by atoms with Crippen molar-refractivity contribution in [3.8, 4) is 0 Å². The number of halogens is 1. The highest BCUT2D eigenvalue weighted by molar-refractivity contribution is 5.89. The predicted molar refractivity (Wildman–Crippen MR) is 169 cm³/mol. The summed E-state index contributed by atoms with van der Waals surface area (Å²) in [5.74, 6) is 0.715. The van der Waals surface area contributed by atoms with Crippen molar-refractivity contribution in [1.82, 2.24) is 29.5 Å². The van der Waals surface area contributed by atoms with Gasteiger partial charge >= 0.3 is 6.09 Å². The fraction of sp³-hybridized carbons (Fsp3) is 0.455. The number of benzene rings is 1.